The number of amides is 1. The van der Waals surface area contributed by atoms with Crippen LogP contribution in [0.1, 0.15) is 91.9 Å². The van der Waals surface area contributed by atoms with Gasteiger partial charge in [-0.15, -0.1) is 0 Å². The number of rotatable bonds is 9. The van der Waals surface area contributed by atoms with Crippen LogP contribution in [0.3, 0.4) is 0 Å². The van der Waals surface area contributed by atoms with Gasteiger partial charge in [0.15, 0.2) is 0 Å². The number of hydrogen-bond acceptors (Lipinski definition) is 7. The average molecular weight is 580 g/mol. The van der Waals surface area contributed by atoms with Crippen LogP contribution in [0.4, 0.5) is 0 Å². The van der Waals surface area contributed by atoms with Crippen LogP contribution in [0.25, 0.3) is 0 Å². The summed E-state index contributed by atoms with van der Waals surface area (Å²) in [5.74, 6) is 0.780. The monoisotopic (exact) mass is 579 g/mol. The van der Waals surface area contributed by atoms with Crippen molar-refractivity contribution < 1.29 is 62.6 Å². The van der Waals surface area contributed by atoms with Gasteiger partial charge in [0.2, 0.25) is 5.91 Å². The molecule has 1 amide bonds. The van der Waals surface area contributed by atoms with Crippen molar-refractivity contribution in [2.24, 2.45) is 52.3 Å². The van der Waals surface area contributed by atoms with Crippen molar-refractivity contribution in [1.82, 2.24) is 5.32 Å². The Bertz CT molecular complexity index is 965. The first kappa shape index (κ1) is 33.8. The Kier molecular flexibility index (Phi) is 11.1. The van der Waals surface area contributed by atoms with Gasteiger partial charge in [-0.3, -0.25) is 4.79 Å². The van der Waals surface area contributed by atoms with E-state index < -0.39 is 22.0 Å². The number of aliphatic hydroxyl groups excluding tert-OH is 3. The molecule has 4 aliphatic rings. The maximum Gasteiger partial charge on any atom is 1.00 e. The zero-order valence-electron chi connectivity index (χ0n) is 24.6. The molecule has 0 aliphatic heterocycles. The van der Waals surface area contributed by atoms with Crippen LogP contribution in [0.2, 0.25) is 0 Å². The van der Waals surface area contributed by atoms with E-state index in [9.17, 15) is 33.1 Å². The quantitative estimate of drug-likeness (QED) is 0.223. The second kappa shape index (κ2) is 12.9. The first-order valence-corrected chi connectivity index (χ1v) is 16.5. The third-order valence-electron chi connectivity index (χ3n) is 11.9. The molecule has 9 unspecified atom stereocenters. The molecule has 12 atom stereocenters. The number of hydrogen-bond donors (Lipinski definition) is 4. The van der Waals surface area contributed by atoms with E-state index in [1.165, 1.54) is 0 Å². The molecule has 0 heterocycles. The molecule has 4 rings (SSSR count). The molecule has 0 aromatic carbocycles. The Labute approximate surface area is 257 Å². The average Bonchev–Trinajstić information content (AvgIpc) is 3.18. The summed E-state index contributed by atoms with van der Waals surface area (Å²) in [4.78, 5) is 12.3. The smallest absolute Gasteiger partial charge is 0.748 e. The molecule has 39 heavy (non-hydrogen) atoms. The molecule has 4 aliphatic carbocycles. The van der Waals surface area contributed by atoms with E-state index >= 15 is 0 Å². The molecular formula is C29H50NNaO7S. The van der Waals surface area contributed by atoms with Crippen molar-refractivity contribution in [2.75, 3.05) is 12.3 Å². The van der Waals surface area contributed by atoms with Crippen LogP contribution in [0, 0.1) is 52.3 Å². The third kappa shape index (κ3) is 6.76. The van der Waals surface area contributed by atoms with Gasteiger partial charge in [-0.2, -0.15) is 0 Å². The Hall–Kier alpha value is 0.260. The van der Waals surface area contributed by atoms with Crippen molar-refractivity contribution in [1.29, 1.82) is 0 Å². The van der Waals surface area contributed by atoms with E-state index in [0.29, 0.717) is 36.0 Å². The molecule has 4 fully saturated rings. The van der Waals surface area contributed by atoms with Crippen LogP contribution in [0.15, 0.2) is 0 Å². The van der Waals surface area contributed by atoms with Crippen molar-refractivity contribution in [3.05, 3.63) is 0 Å². The minimum atomic E-state index is -4.34. The molecule has 0 bridgehead atoms. The van der Waals surface area contributed by atoms with Gasteiger partial charge in [0.05, 0.1) is 34.2 Å². The first-order chi connectivity index (χ1) is 17.7. The second-order valence-electron chi connectivity index (χ2n) is 13.9. The summed E-state index contributed by atoms with van der Waals surface area (Å²) in [5.41, 5.74) is -0.157. The maximum absolute atomic E-state index is 12.3. The van der Waals surface area contributed by atoms with Crippen LogP contribution in [0.5, 0.6) is 0 Å². The summed E-state index contributed by atoms with van der Waals surface area (Å²) in [6, 6.07) is 0. The second-order valence-corrected chi connectivity index (χ2v) is 15.4. The summed E-state index contributed by atoms with van der Waals surface area (Å²) in [6.45, 7) is 8.55. The molecule has 0 aromatic rings. The summed E-state index contributed by atoms with van der Waals surface area (Å²) < 4.78 is 32.2. The molecule has 0 radical (unpaired) electrons. The van der Waals surface area contributed by atoms with Gasteiger partial charge in [-0.05, 0) is 97.7 Å². The Morgan fingerprint density at radius 1 is 1.03 bits per heavy atom. The number of aliphatic hydroxyl groups is 3. The standard InChI is InChI=1S/C29H51NO7S.Na/c1-17(6-5-7-18(2)27(34)30-12-13-38(35,36)37)21-8-9-22-26-23(16-25(33)29(21,22)4)28(3)11-10-20(31)14-19(28)15-24(26)32;/h17-26,31-33H,5-16H2,1-4H3,(H,30,34)(H,35,36,37);/q;+1/p-1/t17?,18?,19?,20?,21-,22?,23?,24?,25?,26?,28+,29-;/m1./s1. The van der Waals surface area contributed by atoms with Gasteiger partial charge in [0.1, 0.15) is 0 Å². The van der Waals surface area contributed by atoms with Crippen LogP contribution >= 0.6 is 0 Å². The number of nitrogens with one attached hydrogen (secondary N) is 1. The largest absolute Gasteiger partial charge is 1.00 e. The minimum Gasteiger partial charge on any atom is -0.748 e. The molecule has 0 aromatic heterocycles. The molecule has 8 nitrogen and oxygen atoms in total. The molecule has 0 saturated heterocycles. The number of carbonyl (C=O) groups is 1. The van der Waals surface area contributed by atoms with Crippen molar-refractivity contribution in [3.8, 4) is 0 Å². The van der Waals surface area contributed by atoms with Gasteiger partial charge >= 0.3 is 29.6 Å². The fourth-order valence-corrected chi connectivity index (χ4v) is 10.0. The van der Waals surface area contributed by atoms with E-state index in [1.807, 2.05) is 6.92 Å². The van der Waals surface area contributed by atoms with Gasteiger partial charge in [-0.25, -0.2) is 8.42 Å². The van der Waals surface area contributed by atoms with E-state index in [2.05, 4.69) is 26.1 Å². The topological polar surface area (TPSA) is 147 Å². The van der Waals surface area contributed by atoms with Gasteiger partial charge in [0, 0.05) is 12.5 Å². The van der Waals surface area contributed by atoms with Crippen molar-refractivity contribution in [2.45, 2.75) is 110 Å². The predicted octanol–water partition coefficient (Wildman–Crippen LogP) is 0.0557. The molecule has 10 heteroatoms. The van der Waals surface area contributed by atoms with Crippen LogP contribution in [-0.2, 0) is 14.9 Å². The zero-order chi connectivity index (χ0) is 28.0. The van der Waals surface area contributed by atoms with Crippen LogP contribution < -0.4 is 34.9 Å². The number of carbonyl (C=O) groups excluding carboxylic acids is 1. The minimum absolute atomic E-state index is 0. The van der Waals surface area contributed by atoms with Crippen molar-refractivity contribution in [3.63, 3.8) is 0 Å². The van der Waals surface area contributed by atoms with E-state index in [-0.39, 0.29) is 76.9 Å². The number of fused-ring (bicyclic) bond motifs is 5. The Morgan fingerprint density at radius 2 is 1.72 bits per heavy atom. The van der Waals surface area contributed by atoms with Gasteiger partial charge in [-0.1, -0.05) is 40.5 Å². The first-order valence-electron chi connectivity index (χ1n) is 14.9. The predicted molar refractivity (Wildman–Crippen MR) is 144 cm³/mol. The molecule has 220 valence electrons. The molecule has 4 saturated carbocycles. The Morgan fingerprint density at radius 3 is 2.38 bits per heavy atom. The van der Waals surface area contributed by atoms with Crippen LogP contribution in [-0.4, -0.2) is 64.8 Å². The van der Waals surface area contributed by atoms with E-state index in [1.54, 1.807) is 0 Å². The fourth-order valence-electron chi connectivity index (χ4n) is 9.68. The van der Waals surface area contributed by atoms with E-state index in [0.717, 1.165) is 57.8 Å². The Balaban J connectivity index is 0.00000420. The zero-order valence-corrected chi connectivity index (χ0v) is 27.5. The van der Waals surface area contributed by atoms with Gasteiger partial charge < -0.3 is 25.2 Å². The fraction of sp³-hybridized carbons (Fsp3) is 0.966. The van der Waals surface area contributed by atoms with Gasteiger partial charge in [0.25, 0.3) is 0 Å². The summed E-state index contributed by atoms with van der Waals surface area (Å²) in [5, 5.41) is 36.0. The summed E-state index contributed by atoms with van der Waals surface area (Å²) in [6.07, 6.45) is 7.59. The maximum atomic E-state index is 12.3. The molecule has 0 spiro atoms. The molecular weight excluding hydrogens is 529 g/mol. The SMILES string of the molecule is CC(CCCC(C)[C@H]1CCC2C3C(O)CC4CC(O)CC[C@]4(C)C3CC(O)[C@@]21C)C(=O)NCCS(=O)(=O)[O-].[Na+]. The third-order valence-corrected chi connectivity index (χ3v) is 12.6. The summed E-state index contributed by atoms with van der Waals surface area (Å²) in [7, 11) is -4.34. The van der Waals surface area contributed by atoms with Crippen molar-refractivity contribution >= 4 is 16.0 Å². The normalized spacial score (nSPS) is 43.3. The van der Waals surface area contributed by atoms with E-state index in [4.69, 9.17) is 0 Å². The summed E-state index contributed by atoms with van der Waals surface area (Å²) >= 11 is 0. The molecule has 4 N–H and O–H groups in total.